The number of benzene rings is 1. The number of nitrogens with two attached hydrogens (primary N) is 1. The fourth-order valence-electron chi connectivity index (χ4n) is 1.31. The molecule has 0 unspecified atom stereocenters. The quantitative estimate of drug-likeness (QED) is 0.830. The number of rotatable bonds is 5. The molecule has 0 saturated heterocycles. The van der Waals surface area contributed by atoms with Gasteiger partial charge in [-0.3, -0.25) is 0 Å². The number of nitrogens with zero attached hydrogens (tertiary/aromatic N) is 1. The SMILES string of the molecule is C=CCN(C)S(=O)(=O)c1ccc(CN)c(Cl)c1. The minimum absolute atomic E-state index is 0.157. The molecule has 2 N–H and O–H groups in total. The third-order valence-corrected chi connectivity index (χ3v) is 4.51. The van der Waals surface area contributed by atoms with Crippen molar-refractivity contribution >= 4 is 21.6 Å². The first-order valence-corrected chi connectivity index (χ1v) is 6.81. The summed E-state index contributed by atoms with van der Waals surface area (Å²) >= 11 is 5.93. The molecule has 17 heavy (non-hydrogen) atoms. The van der Waals surface area contributed by atoms with E-state index in [0.717, 1.165) is 5.56 Å². The van der Waals surface area contributed by atoms with Crippen LogP contribution in [-0.4, -0.2) is 26.3 Å². The van der Waals surface area contributed by atoms with E-state index in [4.69, 9.17) is 17.3 Å². The second-order valence-electron chi connectivity index (χ2n) is 3.53. The molecule has 4 nitrogen and oxygen atoms in total. The Bertz CT molecular complexity index is 514. The van der Waals surface area contributed by atoms with Crippen LogP contribution in [0.15, 0.2) is 35.7 Å². The van der Waals surface area contributed by atoms with E-state index >= 15 is 0 Å². The van der Waals surface area contributed by atoms with Crippen molar-refractivity contribution in [3.63, 3.8) is 0 Å². The summed E-state index contributed by atoms with van der Waals surface area (Å²) in [5, 5.41) is 0.362. The maximum atomic E-state index is 12.1. The molecule has 94 valence electrons. The standard InChI is InChI=1S/C11H15ClN2O2S/c1-3-6-14(2)17(15,16)10-5-4-9(8-13)11(12)7-10/h3-5,7H,1,6,8,13H2,2H3. The van der Waals surface area contributed by atoms with Gasteiger partial charge in [0.1, 0.15) is 0 Å². The highest BCUT2D eigenvalue weighted by Crippen LogP contribution is 2.22. The smallest absolute Gasteiger partial charge is 0.243 e. The third-order valence-electron chi connectivity index (χ3n) is 2.34. The van der Waals surface area contributed by atoms with Gasteiger partial charge in [-0.1, -0.05) is 23.7 Å². The monoisotopic (exact) mass is 274 g/mol. The van der Waals surface area contributed by atoms with E-state index in [2.05, 4.69) is 6.58 Å². The summed E-state index contributed by atoms with van der Waals surface area (Å²) in [4.78, 5) is 0.157. The molecule has 0 aliphatic rings. The van der Waals surface area contributed by atoms with E-state index in [1.165, 1.54) is 29.6 Å². The molecule has 0 amide bonds. The van der Waals surface area contributed by atoms with E-state index in [-0.39, 0.29) is 18.0 Å². The van der Waals surface area contributed by atoms with Crippen molar-refractivity contribution in [2.24, 2.45) is 5.73 Å². The lowest BCUT2D eigenvalue weighted by atomic mass is 10.2. The maximum Gasteiger partial charge on any atom is 0.243 e. The summed E-state index contributed by atoms with van der Waals surface area (Å²) in [7, 11) is -2.02. The summed E-state index contributed by atoms with van der Waals surface area (Å²) in [5.74, 6) is 0. The molecule has 0 fully saturated rings. The Morgan fingerprint density at radius 3 is 2.65 bits per heavy atom. The van der Waals surface area contributed by atoms with Crippen LogP contribution in [-0.2, 0) is 16.6 Å². The molecule has 0 aromatic heterocycles. The normalized spacial score (nSPS) is 11.8. The summed E-state index contributed by atoms with van der Waals surface area (Å²) in [5.41, 5.74) is 6.18. The van der Waals surface area contributed by atoms with Crippen molar-refractivity contribution in [2.45, 2.75) is 11.4 Å². The van der Waals surface area contributed by atoms with Gasteiger partial charge in [-0.2, -0.15) is 4.31 Å². The van der Waals surface area contributed by atoms with Crippen molar-refractivity contribution < 1.29 is 8.42 Å². The first-order valence-electron chi connectivity index (χ1n) is 4.99. The van der Waals surface area contributed by atoms with E-state index < -0.39 is 10.0 Å². The van der Waals surface area contributed by atoms with E-state index in [1.807, 2.05) is 0 Å². The van der Waals surface area contributed by atoms with Gasteiger partial charge in [0.05, 0.1) is 4.90 Å². The van der Waals surface area contributed by atoms with E-state index in [1.54, 1.807) is 6.07 Å². The Hall–Kier alpha value is -0.880. The molecular formula is C11H15ClN2O2S. The largest absolute Gasteiger partial charge is 0.326 e. The topological polar surface area (TPSA) is 63.4 Å². The van der Waals surface area contributed by atoms with Gasteiger partial charge in [0, 0.05) is 25.2 Å². The number of halogens is 1. The third kappa shape index (κ3) is 3.07. The Balaban J connectivity index is 3.16. The van der Waals surface area contributed by atoms with Gasteiger partial charge in [-0.25, -0.2) is 8.42 Å². The Kier molecular flexibility index (Phi) is 4.70. The Morgan fingerprint density at radius 1 is 1.53 bits per heavy atom. The van der Waals surface area contributed by atoms with Gasteiger partial charge in [-0.15, -0.1) is 6.58 Å². The lowest BCUT2D eigenvalue weighted by Gasteiger charge is -2.15. The molecule has 1 aromatic carbocycles. The van der Waals surface area contributed by atoms with Gasteiger partial charge in [-0.05, 0) is 17.7 Å². The minimum Gasteiger partial charge on any atom is -0.326 e. The average Bonchev–Trinajstić information content (AvgIpc) is 2.29. The van der Waals surface area contributed by atoms with Crippen LogP contribution < -0.4 is 5.73 Å². The lowest BCUT2D eigenvalue weighted by Crippen LogP contribution is -2.27. The van der Waals surface area contributed by atoms with Crippen LogP contribution in [0.4, 0.5) is 0 Å². The van der Waals surface area contributed by atoms with Crippen LogP contribution in [0.3, 0.4) is 0 Å². The van der Waals surface area contributed by atoms with Crippen molar-refractivity contribution in [1.29, 1.82) is 0 Å². The second kappa shape index (κ2) is 5.64. The average molecular weight is 275 g/mol. The zero-order valence-corrected chi connectivity index (χ0v) is 11.1. The first-order chi connectivity index (χ1) is 7.93. The van der Waals surface area contributed by atoms with Gasteiger partial charge in [0.15, 0.2) is 0 Å². The highest BCUT2D eigenvalue weighted by atomic mass is 35.5. The van der Waals surface area contributed by atoms with Crippen LogP contribution in [0, 0.1) is 0 Å². The van der Waals surface area contributed by atoms with Gasteiger partial charge in [0.25, 0.3) is 0 Å². The van der Waals surface area contributed by atoms with Gasteiger partial charge >= 0.3 is 0 Å². The molecule has 0 aliphatic carbocycles. The summed E-state index contributed by atoms with van der Waals surface area (Å²) in [6, 6.07) is 4.54. The van der Waals surface area contributed by atoms with Crippen molar-refractivity contribution in [2.75, 3.05) is 13.6 Å². The Labute approximate surface area is 107 Å². The summed E-state index contributed by atoms with van der Waals surface area (Å²) < 4.78 is 25.3. The molecule has 6 heteroatoms. The zero-order valence-electron chi connectivity index (χ0n) is 9.56. The lowest BCUT2D eigenvalue weighted by molar-refractivity contribution is 0.499. The fourth-order valence-corrected chi connectivity index (χ4v) is 2.80. The van der Waals surface area contributed by atoms with Crippen LogP contribution in [0.5, 0.6) is 0 Å². The van der Waals surface area contributed by atoms with Crippen LogP contribution >= 0.6 is 11.6 Å². The van der Waals surface area contributed by atoms with E-state index in [0.29, 0.717) is 5.02 Å². The van der Waals surface area contributed by atoms with Crippen LogP contribution in [0.2, 0.25) is 5.02 Å². The number of likely N-dealkylation sites (N-methyl/N-ethyl adjacent to an activating group) is 1. The molecule has 0 bridgehead atoms. The van der Waals surface area contributed by atoms with Crippen molar-refractivity contribution in [3.8, 4) is 0 Å². The molecule has 1 rings (SSSR count). The molecule has 0 spiro atoms. The molecule has 0 saturated carbocycles. The first kappa shape index (κ1) is 14.2. The maximum absolute atomic E-state index is 12.1. The van der Waals surface area contributed by atoms with Gasteiger partial charge < -0.3 is 5.73 Å². The van der Waals surface area contributed by atoms with Crippen LogP contribution in [0.1, 0.15) is 5.56 Å². The number of hydrogen-bond acceptors (Lipinski definition) is 3. The molecular weight excluding hydrogens is 260 g/mol. The predicted molar refractivity (Wildman–Crippen MR) is 69.4 cm³/mol. The highest BCUT2D eigenvalue weighted by molar-refractivity contribution is 7.89. The number of hydrogen-bond donors (Lipinski definition) is 1. The highest BCUT2D eigenvalue weighted by Gasteiger charge is 2.20. The van der Waals surface area contributed by atoms with Gasteiger partial charge in [0.2, 0.25) is 10.0 Å². The summed E-state index contributed by atoms with van der Waals surface area (Å²) in [6.45, 7) is 4.03. The molecule has 0 aliphatic heterocycles. The molecule has 0 heterocycles. The van der Waals surface area contributed by atoms with Crippen LogP contribution in [0.25, 0.3) is 0 Å². The van der Waals surface area contributed by atoms with E-state index in [9.17, 15) is 8.42 Å². The summed E-state index contributed by atoms with van der Waals surface area (Å²) in [6.07, 6.45) is 1.52. The minimum atomic E-state index is -3.51. The van der Waals surface area contributed by atoms with Crippen molar-refractivity contribution in [3.05, 3.63) is 41.4 Å². The van der Waals surface area contributed by atoms with Crippen molar-refractivity contribution in [1.82, 2.24) is 4.31 Å². The molecule has 1 aromatic rings. The molecule has 0 radical (unpaired) electrons. The predicted octanol–water partition coefficient (Wildman–Crippen LogP) is 1.61. The molecule has 0 atom stereocenters. The zero-order chi connectivity index (χ0) is 13.1. The number of sulfonamides is 1. The fraction of sp³-hybridized carbons (Fsp3) is 0.273. The second-order valence-corrected chi connectivity index (χ2v) is 5.98. The Morgan fingerprint density at radius 2 is 2.18 bits per heavy atom.